The molecular weight excluding hydrogens is 311 g/mol. The van der Waals surface area contributed by atoms with Gasteiger partial charge in [-0.15, -0.1) is 0 Å². The summed E-state index contributed by atoms with van der Waals surface area (Å²) < 4.78 is 47.0. The van der Waals surface area contributed by atoms with Crippen molar-refractivity contribution >= 4 is 5.70 Å². The van der Waals surface area contributed by atoms with Crippen LogP contribution in [-0.2, 0) is 11.0 Å². The van der Waals surface area contributed by atoms with Crippen molar-refractivity contribution < 1.29 is 22.7 Å². The maximum atomic E-state index is 13.7. The van der Waals surface area contributed by atoms with E-state index in [9.17, 15) is 13.2 Å². The molecule has 0 amide bonds. The third-order valence-electron chi connectivity index (χ3n) is 3.51. The Labute approximate surface area is 130 Å². The lowest BCUT2D eigenvalue weighted by Crippen LogP contribution is -2.18. The minimum absolute atomic E-state index is 0.0385. The summed E-state index contributed by atoms with van der Waals surface area (Å²) in [5.41, 5.74) is -0.358. The molecule has 2 aromatic rings. The number of aromatic nitrogens is 2. The summed E-state index contributed by atoms with van der Waals surface area (Å²) in [6.45, 7) is 0.225. The molecule has 23 heavy (non-hydrogen) atoms. The molecular formula is C15H14F3N3O2. The summed E-state index contributed by atoms with van der Waals surface area (Å²) in [6.07, 6.45) is -1.82. The summed E-state index contributed by atoms with van der Waals surface area (Å²) in [5.74, 6) is 0.303. The SMILES string of the molecule is COc1ccccc1-n1ncc(C2=CCON2C)c1C(F)(F)F. The molecule has 0 spiro atoms. The number of hydrogen-bond donors (Lipinski definition) is 0. The fraction of sp³-hybridized carbons (Fsp3) is 0.267. The van der Waals surface area contributed by atoms with Crippen molar-refractivity contribution in [3.8, 4) is 11.4 Å². The van der Waals surface area contributed by atoms with Gasteiger partial charge in [-0.25, -0.2) is 4.68 Å². The Kier molecular flexibility index (Phi) is 3.77. The predicted molar refractivity (Wildman–Crippen MR) is 76.8 cm³/mol. The second-order valence-corrected chi connectivity index (χ2v) is 4.87. The van der Waals surface area contributed by atoms with Crippen LogP contribution >= 0.6 is 0 Å². The number of hydrogen-bond acceptors (Lipinski definition) is 4. The zero-order chi connectivity index (χ0) is 16.6. The second kappa shape index (κ2) is 5.62. The van der Waals surface area contributed by atoms with Crippen molar-refractivity contribution in [2.45, 2.75) is 6.18 Å². The predicted octanol–water partition coefficient (Wildman–Crippen LogP) is 3.12. The van der Waals surface area contributed by atoms with Gasteiger partial charge in [0.15, 0.2) is 5.69 Å². The smallest absolute Gasteiger partial charge is 0.434 e. The Balaban J connectivity index is 2.21. The first-order chi connectivity index (χ1) is 10.9. The van der Waals surface area contributed by atoms with Gasteiger partial charge in [-0.2, -0.15) is 18.3 Å². The topological polar surface area (TPSA) is 39.5 Å². The molecule has 0 N–H and O–H groups in total. The van der Waals surface area contributed by atoms with E-state index in [1.807, 2.05) is 0 Å². The van der Waals surface area contributed by atoms with Crippen LogP contribution in [0.25, 0.3) is 11.4 Å². The van der Waals surface area contributed by atoms with Gasteiger partial charge < -0.3 is 4.74 Å². The van der Waals surface area contributed by atoms with E-state index >= 15 is 0 Å². The molecule has 0 saturated heterocycles. The van der Waals surface area contributed by atoms with Crippen LogP contribution in [0.3, 0.4) is 0 Å². The van der Waals surface area contributed by atoms with Crippen LogP contribution < -0.4 is 4.74 Å². The maximum absolute atomic E-state index is 13.7. The van der Waals surface area contributed by atoms with E-state index in [2.05, 4.69) is 5.10 Å². The molecule has 1 aliphatic heterocycles. The summed E-state index contributed by atoms with van der Waals surface area (Å²) in [4.78, 5) is 5.16. The highest BCUT2D eigenvalue weighted by molar-refractivity contribution is 5.67. The van der Waals surface area contributed by atoms with E-state index in [4.69, 9.17) is 9.57 Å². The molecule has 1 aromatic carbocycles. The number of methoxy groups -OCH3 is 1. The monoisotopic (exact) mass is 325 g/mol. The largest absolute Gasteiger partial charge is 0.494 e. The number of alkyl halides is 3. The van der Waals surface area contributed by atoms with Crippen molar-refractivity contribution in [2.24, 2.45) is 0 Å². The van der Waals surface area contributed by atoms with Crippen molar-refractivity contribution in [3.05, 3.63) is 47.8 Å². The Hall–Kier alpha value is -2.48. The lowest BCUT2D eigenvalue weighted by molar-refractivity contribution is -0.143. The zero-order valence-corrected chi connectivity index (χ0v) is 12.5. The lowest BCUT2D eigenvalue weighted by Gasteiger charge is -2.18. The highest BCUT2D eigenvalue weighted by Crippen LogP contribution is 2.39. The molecule has 0 bridgehead atoms. The average molecular weight is 325 g/mol. The van der Waals surface area contributed by atoms with Crippen LogP contribution in [0, 0.1) is 0 Å². The number of ether oxygens (including phenoxy) is 1. The molecule has 0 fully saturated rings. The first-order valence-corrected chi connectivity index (χ1v) is 6.79. The van der Waals surface area contributed by atoms with E-state index in [0.717, 1.165) is 4.68 Å². The zero-order valence-electron chi connectivity index (χ0n) is 12.5. The van der Waals surface area contributed by atoms with Gasteiger partial charge in [0.25, 0.3) is 0 Å². The van der Waals surface area contributed by atoms with Gasteiger partial charge in [0.2, 0.25) is 0 Å². The average Bonchev–Trinajstić information content (AvgIpc) is 3.12. The summed E-state index contributed by atoms with van der Waals surface area (Å²) in [6, 6.07) is 6.42. The van der Waals surface area contributed by atoms with Crippen molar-refractivity contribution in [1.82, 2.24) is 14.8 Å². The molecule has 0 unspecified atom stereocenters. The highest BCUT2D eigenvalue weighted by atomic mass is 19.4. The maximum Gasteiger partial charge on any atom is 0.434 e. The Bertz CT molecular complexity index is 753. The van der Waals surface area contributed by atoms with Gasteiger partial charge in [-0.1, -0.05) is 12.1 Å². The molecule has 8 heteroatoms. The molecule has 3 rings (SSSR count). The highest BCUT2D eigenvalue weighted by Gasteiger charge is 2.41. The second-order valence-electron chi connectivity index (χ2n) is 4.87. The lowest BCUT2D eigenvalue weighted by atomic mass is 10.1. The standard InChI is InChI=1S/C15H14F3N3O2/c1-20-11(7-8-23-20)10-9-19-21(14(10)15(16,17)18)12-5-3-4-6-13(12)22-2/h3-7,9H,8H2,1-2H3. The van der Waals surface area contributed by atoms with Crippen molar-refractivity contribution in [1.29, 1.82) is 0 Å². The van der Waals surface area contributed by atoms with Crippen LogP contribution in [0.15, 0.2) is 36.5 Å². The van der Waals surface area contributed by atoms with Crippen LogP contribution in [0.1, 0.15) is 11.3 Å². The Morgan fingerprint density at radius 1 is 1.26 bits per heavy atom. The Morgan fingerprint density at radius 2 is 2.00 bits per heavy atom. The molecule has 122 valence electrons. The van der Waals surface area contributed by atoms with E-state index in [-0.39, 0.29) is 17.9 Å². The molecule has 0 saturated carbocycles. The van der Waals surface area contributed by atoms with Crippen LogP contribution in [0.5, 0.6) is 5.75 Å². The molecule has 1 aromatic heterocycles. The van der Waals surface area contributed by atoms with E-state index in [0.29, 0.717) is 11.4 Å². The number of para-hydroxylation sites is 2. The summed E-state index contributed by atoms with van der Waals surface area (Å²) >= 11 is 0. The number of benzene rings is 1. The van der Waals surface area contributed by atoms with Gasteiger partial charge in [0, 0.05) is 7.05 Å². The molecule has 5 nitrogen and oxygen atoms in total. The fourth-order valence-corrected chi connectivity index (χ4v) is 2.50. The third-order valence-corrected chi connectivity index (χ3v) is 3.51. The van der Waals surface area contributed by atoms with Crippen molar-refractivity contribution in [2.75, 3.05) is 20.8 Å². The van der Waals surface area contributed by atoms with Crippen LogP contribution in [-0.4, -0.2) is 35.6 Å². The van der Waals surface area contributed by atoms with E-state index < -0.39 is 11.9 Å². The molecule has 0 atom stereocenters. The first-order valence-electron chi connectivity index (χ1n) is 6.79. The fourth-order valence-electron chi connectivity index (χ4n) is 2.50. The van der Waals surface area contributed by atoms with Gasteiger partial charge in [0.05, 0.1) is 31.2 Å². The van der Waals surface area contributed by atoms with Gasteiger partial charge in [-0.3, -0.25) is 9.90 Å². The Morgan fingerprint density at radius 3 is 2.61 bits per heavy atom. The number of hydroxylamine groups is 2. The minimum atomic E-state index is -4.59. The molecule has 1 aliphatic rings. The van der Waals surface area contributed by atoms with Gasteiger partial charge in [-0.05, 0) is 18.2 Å². The first kappa shape index (κ1) is 15.4. The minimum Gasteiger partial charge on any atom is -0.494 e. The van der Waals surface area contributed by atoms with Gasteiger partial charge in [0.1, 0.15) is 11.4 Å². The van der Waals surface area contributed by atoms with Crippen LogP contribution in [0.4, 0.5) is 13.2 Å². The normalized spacial score (nSPS) is 15.0. The number of rotatable bonds is 3. The van der Waals surface area contributed by atoms with E-state index in [1.54, 1.807) is 31.3 Å². The molecule has 0 radical (unpaired) electrons. The van der Waals surface area contributed by atoms with Crippen LogP contribution in [0.2, 0.25) is 0 Å². The van der Waals surface area contributed by atoms with Gasteiger partial charge >= 0.3 is 6.18 Å². The number of nitrogens with zero attached hydrogens (tertiary/aromatic N) is 3. The van der Waals surface area contributed by atoms with E-state index in [1.165, 1.54) is 24.4 Å². The summed E-state index contributed by atoms with van der Waals surface area (Å²) in [7, 11) is 2.96. The quantitative estimate of drug-likeness (QED) is 0.869. The number of halogens is 3. The van der Waals surface area contributed by atoms with Crippen molar-refractivity contribution in [3.63, 3.8) is 0 Å². The third kappa shape index (κ3) is 2.65. The summed E-state index contributed by atoms with van der Waals surface area (Å²) in [5, 5.41) is 5.24. The molecule has 0 aliphatic carbocycles. The molecule has 2 heterocycles.